The lowest BCUT2D eigenvalue weighted by Crippen LogP contribution is -2.39. The van der Waals surface area contributed by atoms with Crippen molar-refractivity contribution in [3.8, 4) is 5.75 Å². The Morgan fingerprint density at radius 2 is 2.29 bits per heavy atom. The lowest BCUT2D eigenvalue weighted by atomic mass is 10.1. The number of rotatable bonds is 4. The lowest BCUT2D eigenvalue weighted by Gasteiger charge is -2.19. The minimum atomic E-state index is -0.725. The maximum Gasteiger partial charge on any atom is 0.123 e. The predicted octanol–water partition coefficient (Wildman–Crippen LogP) is 1.49. The highest BCUT2D eigenvalue weighted by atomic mass is 19.1. The fourth-order valence-corrected chi connectivity index (χ4v) is 1.94. The van der Waals surface area contributed by atoms with E-state index in [1.165, 1.54) is 12.1 Å². The molecule has 1 aliphatic heterocycles. The van der Waals surface area contributed by atoms with Gasteiger partial charge >= 0.3 is 0 Å². The summed E-state index contributed by atoms with van der Waals surface area (Å²) in [5.74, 6) is 0.541. The molecule has 1 aromatic carbocycles. The molecular weight excluding hydrogens is 221 g/mol. The predicted molar refractivity (Wildman–Crippen MR) is 63.7 cm³/mol. The molecule has 0 aliphatic carbocycles. The van der Waals surface area contributed by atoms with Crippen LogP contribution in [0.15, 0.2) is 18.2 Å². The van der Waals surface area contributed by atoms with Gasteiger partial charge in [0.05, 0.1) is 5.60 Å². The maximum atomic E-state index is 13.0. The van der Waals surface area contributed by atoms with Gasteiger partial charge in [-0.25, -0.2) is 4.39 Å². The molecule has 0 spiro atoms. The highest BCUT2D eigenvalue weighted by Gasteiger charge is 2.23. The van der Waals surface area contributed by atoms with Gasteiger partial charge in [-0.05, 0) is 32.0 Å². The zero-order chi connectivity index (χ0) is 12.5. The number of benzene rings is 1. The molecule has 1 unspecified atom stereocenters. The molecule has 1 heterocycles. The quantitative estimate of drug-likeness (QED) is 0.836. The van der Waals surface area contributed by atoms with Crippen molar-refractivity contribution >= 4 is 0 Å². The molecule has 1 aliphatic rings. The molecule has 0 bridgehead atoms. The smallest absolute Gasteiger partial charge is 0.123 e. The summed E-state index contributed by atoms with van der Waals surface area (Å²) in [5, 5.41) is 12.7. The first-order valence-corrected chi connectivity index (χ1v) is 5.82. The molecule has 0 fully saturated rings. The van der Waals surface area contributed by atoms with Gasteiger partial charge in [0.2, 0.25) is 0 Å². The van der Waals surface area contributed by atoms with Gasteiger partial charge in [0, 0.05) is 25.1 Å². The Morgan fingerprint density at radius 1 is 1.53 bits per heavy atom. The second-order valence-corrected chi connectivity index (χ2v) is 5.14. The summed E-state index contributed by atoms with van der Waals surface area (Å²) in [6, 6.07) is 4.59. The van der Waals surface area contributed by atoms with Crippen LogP contribution >= 0.6 is 0 Å². The Kier molecular flexibility index (Phi) is 3.35. The van der Waals surface area contributed by atoms with E-state index in [4.69, 9.17) is 4.74 Å². The Labute approximate surface area is 101 Å². The first-order valence-electron chi connectivity index (χ1n) is 5.82. The average Bonchev–Trinajstić information content (AvgIpc) is 2.57. The number of hydrogen-bond acceptors (Lipinski definition) is 3. The van der Waals surface area contributed by atoms with Gasteiger partial charge in [0.25, 0.3) is 0 Å². The summed E-state index contributed by atoms with van der Waals surface area (Å²) >= 11 is 0. The van der Waals surface area contributed by atoms with E-state index in [-0.39, 0.29) is 11.9 Å². The molecule has 2 N–H and O–H groups in total. The minimum Gasteiger partial charge on any atom is -0.488 e. The average molecular weight is 239 g/mol. The fourth-order valence-electron chi connectivity index (χ4n) is 1.94. The molecule has 0 aromatic heterocycles. The lowest BCUT2D eigenvalue weighted by molar-refractivity contribution is 0.0766. The molecule has 2 rings (SSSR count). The summed E-state index contributed by atoms with van der Waals surface area (Å²) in [6.07, 6.45) is 0.737. The normalized spacial score (nSPS) is 18.9. The fraction of sp³-hybridized carbons (Fsp3) is 0.538. The van der Waals surface area contributed by atoms with E-state index in [0.29, 0.717) is 19.5 Å². The van der Waals surface area contributed by atoms with E-state index in [1.54, 1.807) is 19.9 Å². The van der Waals surface area contributed by atoms with Crippen molar-refractivity contribution in [3.05, 3.63) is 29.6 Å². The van der Waals surface area contributed by atoms with Gasteiger partial charge in [-0.3, -0.25) is 0 Å². The summed E-state index contributed by atoms with van der Waals surface area (Å²) in [5.41, 5.74) is 0.192. The maximum absolute atomic E-state index is 13.0. The zero-order valence-corrected chi connectivity index (χ0v) is 10.2. The Morgan fingerprint density at radius 3 is 3.00 bits per heavy atom. The van der Waals surface area contributed by atoms with Crippen LogP contribution in [0.25, 0.3) is 0 Å². The third-order valence-electron chi connectivity index (χ3n) is 2.69. The molecule has 0 radical (unpaired) electrons. The van der Waals surface area contributed by atoms with Crippen LogP contribution in [0.1, 0.15) is 19.4 Å². The van der Waals surface area contributed by atoms with E-state index < -0.39 is 5.60 Å². The number of hydrogen-bond donors (Lipinski definition) is 2. The van der Waals surface area contributed by atoms with Crippen molar-refractivity contribution < 1.29 is 14.2 Å². The van der Waals surface area contributed by atoms with E-state index in [0.717, 1.165) is 11.3 Å². The molecule has 1 aromatic rings. The molecule has 0 saturated carbocycles. The van der Waals surface area contributed by atoms with Crippen LogP contribution in [0.5, 0.6) is 5.75 Å². The second kappa shape index (κ2) is 4.63. The van der Waals surface area contributed by atoms with E-state index >= 15 is 0 Å². The second-order valence-electron chi connectivity index (χ2n) is 5.14. The molecular formula is C13H18FNO2. The molecule has 3 nitrogen and oxygen atoms in total. The highest BCUT2D eigenvalue weighted by Crippen LogP contribution is 2.28. The summed E-state index contributed by atoms with van der Waals surface area (Å²) in [7, 11) is 0. The van der Waals surface area contributed by atoms with Crippen molar-refractivity contribution in [3.63, 3.8) is 0 Å². The SMILES string of the molecule is CC(C)(O)CNCC1Cc2cc(F)ccc2O1. The van der Waals surface area contributed by atoms with Crippen molar-refractivity contribution in [1.82, 2.24) is 5.32 Å². The highest BCUT2D eigenvalue weighted by molar-refractivity contribution is 5.37. The molecule has 4 heteroatoms. The molecule has 0 amide bonds. The Bertz CT molecular complexity index is 401. The number of nitrogens with one attached hydrogen (secondary N) is 1. The molecule has 17 heavy (non-hydrogen) atoms. The molecule has 1 atom stereocenters. The van der Waals surface area contributed by atoms with Gasteiger partial charge < -0.3 is 15.2 Å². The first kappa shape index (κ1) is 12.3. The summed E-state index contributed by atoms with van der Waals surface area (Å²) in [4.78, 5) is 0. The topological polar surface area (TPSA) is 41.5 Å². The van der Waals surface area contributed by atoms with Gasteiger partial charge in [-0.15, -0.1) is 0 Å². The largest absolute Gasteiger partial charge is 0.488 e. The third-order valence-corrected chi connectivity index (χ3v) is 2.69. The van der Waals surface area contributed by atoms with Crippen molar-refractivity contribution in [2.24, 2.45) is 0 Å². The number of fused-ring (bicyclic) bond motifs is 1. The van der Waals surface area contributed by atoms with E-state index in [9.17, 15) is 9.50 Å². The molecule has 94 valence electrons. The van der Waals surface area contributed by atoms with Crippen LogP contribution in [0, 0.1) is 5.82 Å². The van der Waals surface area contributed by atoms with Crippen LogP contribution in [-0.2, 0) is 6.42 Å². The van der Waals surface area contributed by atoms with Crippen LogP contribution in [-0.4, -0.2) is 29.9 Å². The number of ether oxygens (including phenoxy) is 1. The monoisotopic (exact) mass is 239 g/mol. The van der Waals surface area contributed by atoms with Crippen LogP contribution in [0.4, 0.5) is 4.39 Å². The van der Waals surface area contributed by atoms with E-state index in [1.807, 2.05) is 0 Å². The van der Waals surface area contributed by atoms with Crippen LogP contribution in [0.3, 0.4) is 0 Å². The van der Waals surface area contributed by atoms with E-state index in [2.05, 4.69) is 5.32 Å². The zero-order valence-electron chi connectivity index (χ0n) is 10.2. The Balaban J connectivity index is 1.84. The van der Waals surface area contributed by atoms with Crippen LogP contribution < -0.4 is 10.1 Å². The summed E-state index contributed by atoms with van der Waals surface area (Å²) in [6.45, 7) is 4.66. The van der Waals surface area contributed by atoms with Gasteiger partial charge in [0.1, 0.15) is 17.7 Å². The van der Waals surface area contributed by atoms with Crippen molar-refractivity contribution in [2.45, 2.75) is 32.0 Å². The van der Waals surface area contributed by atoms with Crippen LogP contribution in [0.2, 0.25) is 0 Å². The molecule has 0 saturated heterocycles. The third kappa shape index (κ3) is 3.41. The van der Waals surface area contributed by atoms with Gasteiger partial charge in [-0.1, -0.05) is 0 Å². The van der Waals surface area contributed by atoms with Crippen molar-refractivity contribution in [2.75, 3.05) is 13.1 Å². The Hall–Kier alpha value is -1.13. The first-order chi connectivity index (χ1) is 7.94. The number of halogens is 1. The standard InChI is InChI=1S/C13H18FNO2/c1-13(2,16)8-15-7-11-6-9-5-10(14)3-4-12(9)17-11/h3-5,11,15-16H,6-8H2,1-2H3. The van der Waals surface area contributed by atoms with Crippen molar-refractivity contribution in [1.29, 1.82) is 0 Å². The summed E-state index contributed by atoms with van der Waals surface area (Å²) < 4.78 is 18.7. The number of aliphatic hydroxyl groups is 1. The minimum absolute atomic E-state index is 0.0224. The van der Waals surface area contributed by atoms with Gasteiger partial charge in [0.15, 0.2) is 0 Å². The van der Waals surface area contributed by atoms with Gasteiger partial charge in [-0.2, -0.15) is 0 Å².